The van der Waals surface area contributed by atoms with E-state index in [1.54, 1.807) is 11.3 Å². The van der Waals surface area contributed by atoms with E-state index < -0.39 is 0 Å². The molecule has 20 heavy (non-hydrogen) atoms. The number of hydrogen-bond acceptors (Lipinski definition) is 3. The van der Waals surface area contributed by atoms with Crippen molar-refractivity contribution in [2.45, 2.75) is 19.9 Å². The zero-order valence-corrected chi connectivity index (χ0v) is 12.9. The zero-order chi connectivity index (χ0) is 14.2. The van der Waals surface area contributed by atoms with E-state index in [4.69, 9.17) is 12.2 Å². The van der Waals surface area contributed by atoms with Gasteiger partial charge >= 0.3 is 0 Å². The third kappa shape index (κ3) is 4.43. The van der Waals surface area contributed by atoms with Crippen molar-refractivity contribution >= 4 is 34.4 Å². The van der Waals surface area contributed by atoms with E-state index in [1.807, 2.05) is 29.6 Å². The lowest BCUT2D eigenvalue weighted by molar-refractivity contribution is 0.865. The molecule has 0 bridgehead atoms. The van der Waals surface area contributed by atoms with Crippen molar-refractivity contribution in [3.8, 4) is 0 Å². The van der Waals surface area contributed by atoms with Gasteiger partial charge in [0.25, 0.3) is 0 Å². The number of nitrogens with zero attached hydrogens (tertiary/aromatic N) is 1. The van der Waals surface area contributed by atoms with E-state index in [9.17, 15) is 0 Å². The molecule has 104 valence electrons. The molecule has 1 heterocycles. The van der Waals surface area contributed by atoms with Gasteiger partial charge in [-0.1, -0.05) is 43.3 Å². The summed E-state index contributed by atoms with van der Waals surface area (Å²) >= 11 is 6.91. The SMILES string of the molecule is CC/C(=N/NC(=S)NCc1ccccc1)c1cccs1. The summed E-state index contributed by atoms with van der Waals surface area (Å²) in [4.78, 5) is 1.17. The van der Waals surface area contributed by atoms with Crippen LogP contribution in [0.25, 0.3) is 0 Å². The molecule has 0 fully saturated rings. The maximum Gasteiger partial charge on any atom is 0.187 e. The Labute approximate surface area is 128 Å². The van der Waals surface area contributed by atoms with Gasteiger partial charge in [-0.3, -0.25) is 5.43 Å². The topological polar surface area (TPSA) is 36.4 Å². The molecule has 2 aromatic rings. The quantitative estimate of drug-likeness (QED) is 0.504. The Morgan fingerprint density at radius 1 is 1.20 bits per heavy atom. The zero-order valence-electron chi connectivity index (χ0n) is 11.3. The van der Waals surface area contributed by atoms with Crippen LogP contribution >= 0.6 is 23.6 Å². The van der Waals surface area contributed by atoms with Crippen LogP contribution in [0.4, 0.5) is 0 Å². The van der Waals surface area contributed by atoms with Crippen LogP contribution in [0.5, 0.6) is 0 Å². The van der Waals surface area contributed by atoms with E-state index in [-0.39, 0.29) is 0 Å². The number of nitrogens with one attached hydrogen (secondary N) is 2. The molecule has 0 atom stereocenters. The first-order valence-electron chi connectivity index (χ1n) is 6.47. The lowest BCUT2D eigenvalue weighted by Crippen LogP contribution is -2.32. The Hall–Kier alpha value is -1.72. The summed E-state index contributed by atoms with van der Waals surface area (Å²) in [5, 5.41) is 10.1. The minimum absolute atomic E-state index is 0.538. The second-order valence-electron chi connectivity index (χ2n) is 4.17. The van der Waals surface area contributed by atoms with Crippen LogP contribution in [0.15, 0.2) is 52.9 Å². The maximum absolute atomic E-state index is 5.22. The van der Waals surface area contributed by atoms with Crippen molar-refractivity contribution in [1.29, 1.82) is 0 Å². The van der Waals surface area contributed by atoms with E-state index >= 15 is 0 Å². The van der Waals surface area contributed by atoms with Gasteiger partial charge in [-0.2, -0.15) is 5.10 Å². The molecule has 2 rings (SSSR count). The molecule has 0 unspecified atom stereocenters. The van der Waals surface area contributed by atoms with Gasteiger partial charge in [0.05, 0.1) is 10.6 Å². The second-order valence-corrected chi connectivity index (χ2v) is 5.53. The highest BCUT2D eigenvalue weighted by atomic mass is 32.1. The van der Waals surface area contributed by atoms with Crippen LogP contribution in [-0.2, 0) is 6.54 Å². The van der Waals surface area contributed by atoms with E-state index in [1.165, 1.54) is 10.4 Å². The van der Waals surface area contributed by atoms with Crippen LogP contribution in [0, 0.1) is 0 Å². The molecule has 0 aliphatic heterocycles. The van der Waals surface area contributed by atoms with Gasteiger partial charge in [-0.15, -0.1) is 11.3 Å². The summed E-state index contributed by atoms with van der Waals surface area (Å²) in [6.45, 7) is 2.78. The first-order chi connectivity index (χ1) is 9.79. The summed E-state index contributed by atoms with van der Waals surface area (Å²) < 4.78 is 0. The smallest absolute Gasteiger partial charge is 0.187 e. The summed E-state index contributed by atoms with van der Waals surface area (Å²) in [7, 11) is 0. The average Bonchev–Trinajstić information content (AvgIpc) is 3.01. The molecule has 0 aliphatic rings. The number of thiocarbonyl (C=S) groups is 1. The predicted molar refractivity (Wildman–Crippen MR) is 90.2 cm³/mol. The standard InChI is InChI=1S/C15H17N3S2/c1-2-13(14-9-6-10-20-14)17-18-15(19)16-11-12-7-4-3-5-8-12/h3-10H,2,11H2,1H3,(H2,16,18,19)/b17-13-. The normalized spacial score (nSPS) is 11.2. The Morgan fingerprint density at radius 3 is 2.65 bits per heavy atom. The summed E-state index contributed by atoms with van der Waals surface area (Å²) in [5.74, 6) is 0. The number of thiophene rings is 1. The molecule has 0 amide bonds. The molecule has 0 radical (unpaired) electrons. The third-order valence-corrected chi connectivity index (χ3v) is 3.88. The fourth-order valence-electron chi connectivity index (χ4n) is 1.69. The van der Waals surface area contributed by atoms with Crippen molar-refractivity contribution in [3.05, 3.63) is 58.3 Å². The van der Waals surface area contributed by atoms with Crippen LogP contribution in [-0.4, -0.2) is 10.8 Å². The fourth-order valence-corrected chi connectivity index (χ4v) is 2.59. The lowest BCUT2D eigenvalue weighted by atomic mass is 10.2. The number of benzene rings is 1. The average molecular weight is 303 g/mol. The molecule has 5 heteroatoms. The summed E-state index contributed by atoms with van der Waals surface area (Å²) in [5.41, 5.74) is 5.11. The first-order valence-corrected chi connectivity index (χ1v) is 7.76. The Morgan fingerprint density at radius 2 is 2.00 bits per heavy atom. The molecule has 0 saturated carbocycles. The van der Waals surface area contributed by atoms with Crippen LogP contribution in [0.3, 0.4) is 0 Å². The maximum atomic E-state index is 5.22. The Kier molecular flexibility index (Phi) is 5.70. The molecular formula is C15H17N3S2. The lowest BCUT2D eigenvalue weighted by Gasteiger charge is -2.08. The fraction of sp³-hybridized carbons (Fsp3) is 0.200. The molecule has 2 N–H and O–H groups in total. The van der Waals surface area contributed by atoms with Gasteiger partial charge in [0, 0.05) is 6.54 Å². The third-order valence-electron chi connectivity index (χ3n) is 2.73. The van der Waals surface area contributed by atoms with Crippen molar-refractivity contribution in [3.63, 3.8) is 0 Å². The highest BCUT2D eigenvalue weighted by molar-refractivity contribution is 7.80. The molecular weight excluding hydrogens is 286 g/mol. The van der Waals surface area contributed by atoms with Crippen LogP contribution < -0.4 is 10.7 Å². The minimum atomic E-state index is 0.538. The number of hydrogen-bond donors (Lipinski definition) is 2. The number of rotatable bonds is 5. The molecule has 3 nitrogen and oxygen atoms in total. The highest BCUT2D eigenvalue weighted by Crippen LogP contribution is 2.11. The van der Waals surface area contributed by atoms with Crippen molar-refractivity contribution in [2.75, 3.05) is 0 Å². The second kappa shape index (κ2) is 7.77. The summed E-state index contributed by atoms with van der Waals surface area (Å²) in [6, 6.07) is 14.2. The van der Waals surface area contributed by atoms with Gasteiger partial charge < -0.3 is 5.32 Å². The van der Waals surface area contributed by atoms with Gasteiger partial charge in [0.2, 0.25) is 0 Å². The molecule has 1 aromatic heterocycles. The highest BCUT2D eigenvalue weighted by Gasteiger charge is 2.02. The molecule has 0 spiro atoms. The van der Waals surface area contributed by atoms with Gasteiger partial charge in [0.1, 0.15) is 0 Å². The van der Waals surface area contributed by atoms with Crippen molar-refractivity contribution in [1.82, 2.24) is 10.7 Å². The Balaban J connectivity index is 1.85. The molecule has 0 saturated heterocycles. The van der Waals surface area contributed by atoms with Crippen LogP contribution in [0.2, 0.25) is 0 Å². The van der Waals surface area contributed by atoms with E-state index in [0.717, 1.165) is 12.1 Å². The first kappa shape index (κ1) is 14.7. The van der Waals surface area contributed by atoms with Crippen molar-refractivity contribution < 1.29 is 0 Å². The Bertz CT molecular complexity index is 562. The largest absolute Gasteiger partial charge is 0.357 e. The monoisotopic (exact) mass is 303 g/mol. The molecule has 1 aromatic carbocycles. The van der Waals surface area contributed by atoms with Gasteiger partial charge in [0.15, 0.2) is 5.11 Å². The van der Waals surface area contributed by atoms with E-state index in [0.29, 0.717) is 11.7 Å². The summed E-state index contributed by atoms with van der Waals surface area (Å²) in [6.07, 6.45) is 0.870. The molecule has 0 aliphatic carbocycles. The number of hydrazone groups is 1. The van der Waals surface area contributed by atoms with Gasteiger partial charge in [-0.25, -0.2) is 0 Å². The van der Waals surface area contributed by atoms with Crippen molar-refractivity contribution in [2.24, 2.45) is 5.10 Å². The minimum Gasteiger partial charge on any atom is -0.357 e. The van der Waals surface area contributed by atoms with Gasteiger partial charge in [-0.05, 0) is 35.6 Å². The predicted octanol–water partition coefficient (Wildman–Crippen LogP) is 3.53. The van der Waals surface area contributed by atoms with Crippen LogP contribution in [0.1, 0.15) is 23.8 Å². The van der Waals surface area contributed by atoms with E-state index in [2.05, 4.69) is 41.0 Å².